The molecule has 0 unspecified atom stereocenters. The van der Waals surface area contributed by atoms with Gasteiger partial charge in [0.25, 0.3) is 0 Å². The summed E-state index contributed by atoms with van der Waals surface area (Å²) < 4.78 is 13.8. The van der Waals surface area contributed by atoms with Crippen molar-refractivity contribution in [1.82, 2.24) is 14.8 Å². The molecule has 7 heteroatoms. The van der Waals surface area contributed by atoms with Crippen LogP contribution in [0.25, 0.3) is 33.7 Å². The van der Waals surface area contributed by atoms with Crippen LogP contribution >= 0.6 is 0 Å². The molecular formula is C26H21N3O4. The Bertz CT molecular complexity index is 1390. The zero-order valence-electron chi connectivity index (χ0n) is 17.7. The molecule has 164 valence electrons. The molecule has 33 heavy (non-hydrogen) atoms. The number of aliphatic carboxylic acids is 1. The van der Waals surface area contributed by atoms with Gasteiger partial charge in [-0.1, -0.05) is 48.5 Å². The van der Waals surface area contributed by atoms with Crippen molar-refractivity contribution in [2.75, 3.05) is 0 Å². The number of fused-ring (bicyclic) bond motifs is 1. The van der Waals surface area contributed by atoms with Crippen LogP contribution in [0.2, 0.25) is 0 Å². The van der Waals surface area contributed by atoms with E-state index >= 15 is 0 Å². The molecular weight excluding hydrogens is 418 g/mol. The number of rotatable bonds is 8. The molecule has 0 atom stereocenters. The summed E-state index contributed by atoms with van der Waals surface area (Å²) in [5, 5.41) is 14.2. The first-order valence-corrected chi connectivity index (χ1v) is 10.6. The number of carboxylic acids is 1. The number of hydrogen-bond donors (Lipinski definition) is 1. The van der Waals surface area contributed by atoms with Gasteiger partial charge in [-0.15, -0.1) is 0 Å². The Balaban J connectivity index is 1.40. The van der Waals surface area contributed by atoms with Crippen molar-refractivity contribution in [3.05, 3.63) is 90.8 Å². The van der Waals surface area contributed by atoms with Gasteiger partial charge in [-0.3, -0.25) is 9.48 Å². The van der Waals surface area contributed by atoms with Crippen LogP contribution in [-0.2, 0) is 17.9 Å². The fourth-order valence-electron chi connectivity index (χ4n) is 3.58. The molecule has 1 N–H and O–H groups in total. The van der Waals surface area contributed by atoms with Crippen LogP contribution in [-0.4, -0.2) is 25.8 Å². The predicted molar refractivity (Wildman–Crippen MR) is 124 cm³/mol. The zero-order chi connectivity index (χ0) is 22.6. The largest absolute Gasteiger partial charge is 0.487 e. The van der Waals surface area contributed by atoms with Crippen molar-refractivity contribution in [1.29, 1.82) is 0 Å². The van der Waals surface area contributed by atoms with E-state index < -0.39 is 5.97 Å². The van der Waals surface area contributed by atoms with Crippen LogP contribution in [0, 0.1) is 0 Å². The Morgan fingerprint density at radius 2 is 1.70 bits per heavy atom. The van der Waals surface area contributed by atoms with Crippen molar-refractivity contribution >= 4 is 16.9 Å². The summed E-state index contributed by atoms with van der Waals surface area (Å²) in [6.07, 6.45) is 1.86. The lowest BCUT2D eigenvalue weighted by atomic mass is 10.1. The third-order valence-corrected chi connectivity index (χ3v) is 5.21. The van der Waals surface area contributed by atoms with Crippen LogP contribution in [0.5, 0.6) is 5.75 Å². The average Bonchev–Trinajstić information content (AvgIpc) is 3.46. The summed E-state index contributed by atoms with van der Waals surface area (Å²) in [5.74, 6) is 1.01. The van der Waals surface area contributed by atoms with Crippen LogP contribution < -0.4 is 4.74 Å². The second kappa shape index (κ2) is 9.00. The van der Waals surface area contributed by atoms with Crippen molar-refractivity contribution in [2.24, 2.45) is 0 Å². The quantitative estimate of drug-likeness (QED) is 0.348. The van der Waals surface area contributed by atoms with Crippen LogP contribution in [0.3, 0.4) is 0 Å². The smallest absolute Gasteiger partial charge is 0.305 e. The Morgan fingerprint density at radius 3 is 2.42 bits per heavy atom. The number of carbonyl (C=O) groups is 1. The van der Waals surface area contributed by atoms with Crippen molar-refractivity contribution in [3.8, 4) is 28.5 Å². The van der Waals surface area contributed by atoms with E-state index in [2.05, 4.69) is 5.10 Å². The summed E-state index contributed by atoms with van der Waals surface area (Å²) >= 11 is 0. The fraction of sp³-hybridized carbons (Fsp3) is 0.115. The van der Waals surface area contributed by atoms with Gasteiger partial charge in [0.05, 0.1) is 18.5 Å². The number of aryl methyl sites for hydroxylation is 1. The third-order valence-electron chi connectivity index (χ3n) is 5.21. The van der Waals surface area contributed by atoms with Gasteiger partial charge in [-0.05, 0) is 24.3 Å². The molecule has 3 aromatic carbocycles. The maximum Gasteiger partial charge on any atom is 0.305 e. The van der Waals surface area contributed by atoms with Crippen LogP contribution in [0.15, 0.2) is 89.5 Å². The lowest BCUT2D eigenvalue weighted by Crippen LogP contribution is -2.04. The van der Waals surface area contributed by atoms with Crippen molar-refractivity contribution in [3.63, 3.8) is 0 Å². The highest BCUT2D eigenvalue weighted by Crippen LogP contribution is 2.31. The van der Waals surface area contributed by atoms with Gasteiger partial charge in [0.2, 0.25) is 5.89 Å². The first-order chi connectivity index (χ1) is 16.2. The van der Waals surface area contributed by atoms with Crippen LogP contribution in [0.4, 0.5) is 0 Å². The van der Waals surface area contributed by atoms with Gasteiger partial charge in [-0.25, -0.2) is 4.98 Å². The van der Waals surface area contributed by atoms with E-state index in [-0.39, 0.29) is 13.0 Å². The Hall–Kier alpha value is -4.39. The molecule has 0 saturated heterocycles. The molecule has 0 aliphatic carbocycles. The van der Waals surface area contributed by atoms with E-state index in [4.69, 9.17) is 19.2 Å². The molecule has 5 rings (SSSR count). The molecule has 2 aromatic heterocycles. The zero-order valence-corrected chi connectivity index (χ0v) is 17.7. The molecule has 0 saturated carbocycles. The molecule has 5 aromatic rings. The monoisotopic (exact) mass is 439 g/mol. The Morgan fingerprint density at radius 1 is 0.970 bits per heavy atom. The minimum absolute atomic E-state index is 0.0233. The second-order valence-electron chi connectivity index (χ2n) is 7.57. The van der Waals surface area contributed by atoms with Crippen molar-refractivity contribution < 1.29 is 19.1 Å². The third kappa shape index (κ3) is 4.62. The minimum Gasteiger partial charge on any atom is -0.487 e. The number of benzene rings is 3. The lowest BCUT2D eigenvalue weighted by Gasteiger charge is -2.05. The van der Waals surface area contributed by atoms with E-state index in [0.717, 1.165) is 22.0 Å². The summed E-state index contributed by atoms with van der Waals surface area (Å²) in [7, 11) is 0. The maximum atomic E-state index is 10.8. The molecule has 7 nitrogen and oxygen atoms in total. The minimum atomic E-state index is -0.852. The number of oxazole rings is 1. The van der Waals surface area contributed by atoms with E-state index in [1.807, 2.05) is 85.1 Å². The number of hydrogen-bond acceptors (Lipinski definition) is 5. The molecule has 0 bridgehead atoms. The standard InChI is InChI=1S/C26H21N3O4/c30-24(31)13-14-29-16-20-11-12-21(15-22(20)28-29)32-17-23-25(18-7-3-1-4-8-18)33-26(27-23)19-9-5-2-6-10-19/h1-12,15-16H,13-14,17H2,(H,30,31). The van der Waals surface area contributed by atoms with Gasteiger partial charge < -0.3 is 14.3 Å². The molecule has 0 spiro atoms. The predicted octanol–water partition coefficient (Wildman–Crippen LogP) is 5.41. The fourth-order valence-corrected chi connectivity index (χ4v) is 3.58. The summed E-state index contributed by atoms with van der Waals surface area (Å²) in [5.41, 5.74) is 3.27. The van der Waals surface area contributed by atoms with Gasteiger partial charge in [0.15, 0.2) is 5.76 Å². The number of ether oxygens (including phenoxy) is 1. The maximum absolute atomic E-state index is 10.8. The molecule has 0 amide bonds. The second-order valence-corrected chi connectivity index (χ2v) is 7.57. The van der Waals surface area contributed by atoms with E-state index in [1.165, 1.54) is 0 Å². The summed E-state index contributed by atoms with van der Waals surface area (Å²) in [6, 6.07) is 25.2. The number of carboxylic acid groups (broad SMARTS) is 1. The van der Waals surface area contributed by atoms with E-state index in [1.54, 1.807) is 4.68 Å². The van der Waals surface area contributed by atoms with Crippen LogP contribution in [0.1, 0.15) is 12.1 Å². The van der Waals surface area contributed by atoms with Gasteiger partial charge in [-0.2, -0.15) is 5.10 Å². The first-order valence-electron chi connectivity index (χ1n) is 10.6. The molecule has 0 aliphatic rings. The Kier molecular flexibility index (Phi) is 5.59. The topological polar surface area (TPSA) is 90.4 Å². The number of nitrogens with zero attached hydrogens (tertiary/aromatic N) is 3. The Labute approximate surface area is 189 Å². The van der Waals surface area contributed by atoms with Crippen molar-refractivity contribution in [2.45, 2.75) is 19.6 Å². The van der Waals surface area contributed by atoms with E-state index in [9.17, 15) is 4.79 Å². The van der Waals surface area contributed by atoms with Gasteiger partial charge in [0, 0.05) is 28.8 Å². The first kappa shape index (κ1) is 20.5. The molecule has 2 heterocycles. The highest BCUT2D eigenvalue weighted by molar-refractivity contribution is 5.79. The number of aromatic nitrogens is 3. The summed E-state index contributed by atoms with van der Waals surface area (Å²) in [6.45, 7) is 0.549. The van der Waals surface area contributed by atoms with Gasteiger partial charge in [0.1, 0.15) is 18.1 Å². The molecule has 0 fully saturated rings. The highest BCUT2D eigenvalue weighted by Gasteiger charge is 2.17. The highest BCUT2D eigenvalue weighted by atomic mass is 16.5. The van der Waals surface area contributed by atoms with E-state index in [0.29, 0.717) is 29.6 Å². The normalized spacial score (nSPS) is 11.0. The van der Waals surface area contributed by atoms with Gasteiger partial charge >= 0.3 is 5.97 Å². The SMILES string of the molecule is O=C(O)CCn1cc2ccc(OCc3nc(-c4ccccc4)oc3-c3ccccc3)cc2n1. The molecule has 0 radical (unpaired) electrons. The summed E-state index contributed by atoms with van der Waals surface area (Å²) in [4.78, 5) is 15.5. The average molecular weight is 439 g/mol. The lowest BCUT2D eigenvalue weighted by molar-refractivity contribution is -0.137. The molecule has 0 aliphatic heterocycles.